The molecule has 0 spiro atoms. The Morgan fingerprint density at radius 2 is 1.67 bits per heavy atom. The normalized spacial score (nSPS) is 11.7. The molecule has 1 aromatic carbocycles. The minimum Gasteiger partial charge on any atom is -0.0743 e. The van der Waals surface area contributed by atoms with E-state index < -0.39 is 0 Å². The zero-order valence-electron chi connectivity index (χ0n) is 6.97. The Labute approximate surface area is 104 Å². The van der Waals surface area contributed by atoms with Gasteiger partial charge in [-0.25, -0.2) is 0 Å². The molecule has 0 unspecified atom stereocenters. The first-order valence-corrected chi connectivity index (χ1v) is 8.06. The molecule has 0 radical (unpaired) electrons. The van der Waals surface area contributed by atoms with Gasteiger partial charge in [0.05, 0.1) is 0 Å². The molecule has 0 aliphatic heterocycles. The van der Waals surface area contributed by atoms with E-state index in [4.69, 9.17) is 0 Å². The Kier molecular flexibility index (Phi) is 4.17. The van der Waals surface area contributed by atoms with Gasteiger partial charge in [-0.15, -0.1) is 0 Å². The second-order valence-corrected chi connectivity index (χ2v) is 7.72. The van der Waals surface area contributed by atoms with Crippen molar-refractivity contribution in [1.29, 1.82) is 0 Å². The highest BCUT2D eigenvalue weighted by molar-refractivity contribution is 14.2. The monoisotopic (exact) mass is 404 g/mol. The standard InChI is InChI=1S/C9H10I2S/c1-9(2,10)7-3-5-8(12-11)6-4-7/h3-6H,1-2H3. The number of rotatable bonds is 2. The van der Waals surface area contributed by atoms with E-state index in [1.165, 1.54) is 10.5 Å². The molecule has 0 saturated carbocycles. The van der Waals surface area contributed by atoms with Crippen molar-refractivity contribution in [3.63, 3.8) is 0 Å². The summed E-state index contributed by atoms with van der Waals surface area (Å²) in [6.07, 6.45) is 0. The van der Waals surface area contributed by atoms with Gasteiger partial charge in [0.15, 0.2) is 0 Å². The molecule has 0 fully saturated rings. The number of alkyl halides is 1. The second-order valence-electron chi connectivity index (χ2n) is 3.07. The van der Waals surface area contributed by atoms with Gasteiger partial charge in [-0.05, 0) is 31.5 Å². The minimum absolute atomic E-state index is 0.242. The van der Waals surface area contributed by atoms with Crippen LogP contribution in [0, 0.1) is 0 Å². The molecule has 0 bridgehead atoms. The van der Waals surface area contributed by atoms with Gasteiger partial charge in [-0.1, -0.05) is 43.7 Å². The fourth-order valence-electron chi connectivity index (χ4n) is 0.903. The number of hydrogen-bond donors (Lipinski definition) is 0. The van der Waals surface area contributed by atoms with E-state index in [1.807, 2.05) is 0 Å². The van der Waals surface area contributed by atoms with Crippen molar-refractivity contribution in [3.8, 4) is 0 Å². The first-order valence-electron chi connectivity index (χ1n) is 3.62. The molecule has 0 amide bonds. The lowest BCUT2D eigenvalue weighted by Crippen LogP contribution is -2.05. The molecular formula is C9H10I2S. The maximum absolute atomic E-state index is 2.46. The Morgan fingerprint density at radius 3 is 2.00 bits per heavy atom. The smallest absolute Gasteiger partial charge is 0.0414 e. The average Bonchev–Trinajstić information content (AvgIpc) is 2.03. The van der Waals surface area contributed by atoms with Crippen LogP contribution in [0.4, 0.5) is 0 Å². The summed E-state index contributed by atoms with van der Waals surface area (Å²) in [6, 6.07) is 8.75. The molecule has 66 valence electrons. The number of hydrogen-bond acceptors (Lipinski definition) is 1. The third-order valence-corrected chi connectivity index (χ3v) is 4.23. The van der Waals surface area contributed by atoms with Crippen molar-refractivity contribution in [3.05, 3.63) is 29.8 Å². The van der Waals surface area contributed by atoms with E-state index in [0.717, 1.165) is 0 Å². The quantitative estimate of drug-likeness (QED) is 0.505. The van der Waals surface area contributed by atoms with Crippen molar-refractivity contribution < 1.29 is 0 Å². The summed E-state index contributed by atoms with van der Waals surface area (Å²) in [4.78, 5) is 1.32. The SMILES string of the molecule is CC(C)(I)c1ccc(SI)cc1. The highest BCUT2D eigenvalue weighted by Gasteiger charge is 2.14. The zero-order chi connectivity index (χ0) is 9.19. The fraction of sp³-hybridized carbons (Fsp3) is 0.333. The van der Waals surface area contributed by atoms with Crippen LogP contribution >= 0.6 is 52.7 Å². The molecule has 0 nitrogen and oxygen atoms in total. The summed E-state index contributed by atoms with van der Waals surface area (Å²) >= 11 is 4.76. The van der Waals surface area contributed by atoms with Crippen LogP contribution in [0.15, 0.2) is 29.2 Å². The predicted octanol–water partition coefficient (Wildman–Crippen LogP) is 4.80. The average molecular weight is 404 g/mol. The Morgan fingerprint density at radius 1 is 1.17 bits per heavy atom. The van der Waals surface area contributed by atoms with Crippen molar-refractivity contribution in [2.45, 2.75) is 22.2 Å². The molecule has 0 saturated heterocycles. The first kappa shape index (κ1) is 11.1. The van der Waals surface area contributed by atoms with Crippen LogP contribution in [0.5, 0.6) is 0 Å². The Balaban J connectivity index is 2.93. The van der Waals surface area contributed by atoms with Gasteiger partial charge >= 0.3 is 0 Å². The zero-order valence-corrected chi connectivity index (χ0v) is 12.1. The van der Waals surface area contributed by atoms with Crippen molar-refractivity contribution in [2.24, 2.45) is 0 Å². The Bertz CT molecular complexity index is 248. The van der Waals surface area contributed by atoms with Crippen LogP contribution in [0.1, 0.15) is 19.4 Å². The molecule has 3 heteroatoms. The third-order valence-electron chi connectivity index (χ3n) is 1.63. The summed E-state index contributed by atoms with van der Waals surface area (Å²) in [5, 5.41) is 0. The third kappa shape index (κ3) is 3.06. The molecule has 1 aromatic rings. The Hall–Kier alpha value is 1.03. The van der Waals surface area contributed by atoms with E-state index >= 15 is 0 Å². The van der Waals surface area contributed by atoms with Gasteiger partial charge in [0.2, 0.25) is 0 Å². The molecule has 0 atom stereocenters. The van der Waals surface area contributed by atoms with Gasteiger partial charge in [-0.2, -0.15) is 0 Å². The molecule has 0 N–H and O–H groups in total. The van der Waals surface area contributed by atoms with Crippen LogP contribution in [-0.4, -0.2) is 0 Å². The van der Waals surface area contributed by atoms with Gasteiger partial charge in [0, 0.05) is 29.5 Å². The summed E-state index contributed by atoms with van der Waals surface area (Å²) in [6.45, 7) is 4.44. The number of benzene rings is 1. The largest absolute Gasteiger partial charge is 0.0743 e. The summed E-state index contributed by atoms with van der Waals surface area (Å²) in [5.41, 5.74) is 1.39. The maximum Gasteiger partial charge on any atom is 0.0414 e. The minimum atomic E-state index is 0.242. The van der Waals surface area contributed by atoms with E-state index in [0.29, 0.717) is 0 Å². The molecule has 0 aromatic heterocycles. The van der Waals surface area contributed by atoms with E-state index in [2.05, 4.69) is 81.9 Å². The van der Waals surface area contributed by atoms with E-state index in [-0.39, 0.29) is 3.42 Å². The summed E-state index contributed by atoms with van der Waals surface area (Å²) in [7, 11) is 1.76. The van der Waals surface area contributed by atoms with Gasteiger partial charge in [-0.3, -0.25) is 0 Å². The molecular weight excluding hydrogens is 394 g/mol. The fourth-order valence-corrected chi connectivity index (χ4v) is 2.38. The molecule has 0 heterocycles. The van der Waals surface area contributed by atoms with Crippen molar-refractivity contribution in [2.75, 3.05) is 0 Å². The van der Waals surface area contributed by atoms with E-state index in [9.17, 15) is 0 Å². The van der Waals surface area contributed by atoms with Gasteiger partial charge in [0.1, 0.15) is 0 Å². The predicted molar refractivity (Wildman–Crippen MR) is 73.4 cm³/mol. The molecule has 1 rings (SSSR count). The van der Waals surface area contributed by atoms with Crippen LogP contribution in [0.25, 0.3) is 0 Å². The lowest BCUT2D eigenvalue weighted by molar-refractivity contribution is 0.825. The maximum atomic E-state index is 2.46. The second kappa shape index (κ2) is 4.50. The highest BCUT2D eigenvalue weighted by Crippen LogP contribution is 2.32. The summed E-state index contributed by atoms with van der Waals surface area (Å²) < 4.78 is 0.242. The summed E-state index contributed by atoms with van der Waals surface area (Å²) in [5.74, 6) is 0. The van der Waals surface area contributed by atoms with Gasteiger partial charge < -0.3 is 0 Å². The molecule has 12 heavy (non-hydrogen) atoms. The molecule has 0 aliphatic carbocycles. The van der Waals surface area contributed by atoms with Crippen molar-refractivity contribution in [1.82, 2.24) is 0 Å². The highest BCUT2D eigenvalue weighted by atomic mass is 127. The van der Waals surface area contributed by atoms with Crippen LogP contribution in [0.2, 0.25) is 0 Å². The molecule has 0 aliphatic rings. The topological polar surface area (TPSA) is 0 Å². The van der Waals surface area contributed by atoms with Crippen LogP contribution in [-0.2, 0) is 3.42 Å². The van der Waals surface area contributed by atoms with E-state index in [1.54, 1.807) is 8.93 Å². The number of halogens is 2. The van der Waals surface area contributed by atoms with Crippen LogP contribution < -0.4 is 0 Å². The first-order chi connectivity index (χ1) is 5.54. The van der Waals surface area contributed by atoms with Crippen molar-refractivity contribution >= 4 is 52.7 Å². The van der Waals surface area contributed by atoms with Gasteiger partial charge in [0.25, 0.3) is 0 Å². The lowest BCUT2D eigenvalue weighted by Gasteiger charge is -2.16. The van der Waals surface area contributed by atoms with Crippen LogP contribution in [0.3, 0.4) is 0 Å². The lowest BCUT2D eigenvalue weighted by atomic mass is 10.0.